The van der Waals surface area contributed by atoms with Gasteiger partial charge in [0.25, 0.3) is 0 Å². The molecule has 0 unspecified atom stereocenters. The standard InChI is InChI=1S/C27H34N2O3/c30-25(16-19-8-4-5-9-19)28-23-17-24(32-22-12-2-1-3-13-22)27(31)26(23)29-15-14-20-10-6-7-11-21(20)18-29/h1-3,6-7,10-13,19,23-24,26-27,31H,4-5,8-9,14-18H2,(H,28,30)/t23-,24-,26+,27+/m1/s1. The Balaban J connectivity index is 1.32. The van der Waals surface area contributed by atoms with Crippen LogP contribution in [-0.4, -0.2) is 46.7 Å². The van der Waals surface area contributed by atoms with Crippen LogP contribution in [0.3, 0.4) is 0 Å². The molecule has 2 aliphatic carbocycles. The number of benzene rings is 2. The van der Waals surface area contributed by atoms with Gasteiger partial charge in [0.15, 0.2) is 0 Å². The zero-order valence-electron chi connectivity index (χ0n) is 18.7. The number of carbonyl (C=O) groups excluding carboxylic acids is 1. The predicted molar refractivity (Wildman–Crippen MR) is 124 cm³/mol. The highest BCUT2D eigenvalue weighted by molar-refractivity contribution is 5.76. The quantitative estimate of drug-likeness (QED) is 0.728. The number of ether oxygens (including phenoxy) is 1. The van der Waals surface area contributed by atoms with Crippen molar-refractivity contribution in [2.75, 3.05) is 6.54 Å². The first-order valence-electron chi connectivity index (χ1n) is 12.2. The molecule has 2 N–H and O–H groups in total. The van der Waals surface area contributed by atoms with E-state index in [2.05, 4.69) is 34.5 Å². The highest BCUT2D eigenvalue weighted by Crippen LogP contribution is 2.33. The maximum absolute atomic E-state index is 12.9. The molecule has 1 aliphatic heterocycles. The molecule has 0 radical (unpaired) electrons. The minimum absolute atomic E-state index is 0.113. The normalized spacial score (nSPS) is 28.4. The Hall–Kier alpha value is -2.37. The second-order valence-corrected chi connectivity index (χ2v) is 9.70. The Morgan fingerprint density at radius 2 is 1.75 bits per heavy atom. The Labute approximate surface area is 190 Å². The Kier molecular flexibility index (Phi) is 6.47. The molecule has 0 aromatic heterocycles. The second kappa shape index (κ2) is 9.63. The van der Waals surface area contributed by atoms with Crippen molar-refractivity contribution in [3.63, 3.8) is 0 Å². The minimum atomic E-state index is -0.655. The van der Waals surface area contributed by atoms with E-state index in [-0.39, 0.29) is 24.1 Å². The van der Waals surface area contributed by atoms with E-state index >= 15 is 0 Å². The summed E-state index contributed by atoms with van der Waals surface area (Å²) in [6.07, 6.45) is 5.99. The number of nitrogens with zero attached hydrogens (tertiary/aromatic N) is 1. The number of rotatable bonds is 6. The third-order valence-electron chi connectivity index (χ3n) is 7.54. The van der Waals surface area contributed by atoms with E-state index in [0.717, 1.165) is 38.1 Å². The summed E-state index contributed by atoms with van der Waals surface area (Å²) < 4.78 is 6.20. The number of hydrogen-bond donors (Lipinski definition) is 2. The van der Waals surface area contributed by atoms with Gasteiger partial charge < -0.3 is 15.2 Å². The first-order chi connectivity index (χ1) is 15.7. The molecule has 2 aromatic rings. The molecule has 0 spiro atoms. The van der Waals surface area contributed by atoms with Crippen LogP contribution in [0, 0.1) is 5.92 Å². The average molecular weight is 435 g/mol. The highest BCUT2D eigenvalue weighted by Gasteiger charge is 2.48. The van der Waals surface area contributed by atoms with Gasteiger partial charge in [-0.25, -0.2) is 0 Å². The van der Waals surface area contributed by atoms with Crippen molar-refractivity contribution in [3.05, 3.63) is 65.7 Å². The molecule has 0 saturated heterocycles. The summed E-state index contributed by atoms with van der Waals surface area (Å²) in [4.78, 5) is 15.3. The van der Waals surface area contributed by atoms with Gasteiger partial charge in [0.1, 0.15) is 18.0 Å². The number of hydrogen-bond acceptors (Lipinski definition) is 4. The van der Waals surface area contributed by atoms with E-state index in [4.69, 9.17) is 4.74 Å². The van der Waals surface area contributed by atoms with Gasteiger partial charge in [-0.2, -0.15) is 0 Å². The fraction of sp³-hybridized carbons (Fsp3) is 0.519. The first-order valence-corrected chi connectivity index (χ1v) is 12.2. The molecule has 5 heteroatoms. The number of nitrogens with one attached hydrogen (secondary N) is 1. The topological polar surface area (TPSA) is 61.8 Å². The van der Waals surface area contributed by atoms with Crippen LogP contribution in [0.25, 0.3) is 0 Å². The van der Waals surface area contributed by atoms with Crippen molar-refractivity contribution in [1.82, 2.24) is 10.2 Å². The molecular formula is C27H34N2O3. The van der Waals surface area contributed by atoms with Gasteiger partial charge in [0, 0.05) is 25.9 Å². The van der Waals surface area contributed by atoms with Crippen LogP contribution in [0.5, 0.6) is 5.75 Å². The zero-order chi connectivity index (χ0) is 21.9. The summed E-state index contributed by atoms with van der Waals surface area (Å²) in [5, 5.41) is 14.7. The molecule has 4 atom stereocenters. The summed E-state index contributed by atoms with van der Waals surface area (Å²) in [6.45, 7) is 1.68. The smallest absolute Gasteiger partial charge is 0.220 e. The molecule has 32 heavy (non-hydrogen) atoms. The SMILES string of the molecule is O=C(CC1CCCC1)N[C@@H]1C[C@@H](Oc2ccccc2)[C@H](O)[C@H]1N1CCc2ccccc2C1. The lowest BCUT2D eigenvalue weighted by atomic mass is 9.96. The van der Waals surface area contributed by atoms with Gasteiger partial charge in [-0.05, 0) is 48.4 Å². The number of amides is 1. The zero-order valence-corrected chi connectivity index (χ0v) is 18.7. The minimum Gasteiger partial charge on any atom is -0.488 e. The molecule has 2 aromatic carbocycles. The van der Waals surface area contributed by atoms with Gasteiger partial charge in [0.2, 0.25) is 5.91 Å². The van der Waals surface area contributed by atoms with Crippen molar-refractivity contribution in [2.45, 2.75) is 75.8 Å². The van der Waals surface area contributed by atoms with Gasteiger partial charge in [-0.3, -0.25) is 9.69 Å². The van der Waals surface area contributed by atoms with Gasteiger partial charge in [-0.15, -0.1) is 0 Å². The summed E-state index contributed by atoms with van der Waals surface area (Å²) in [7, 11) is 0. The number of aliphatic hydroxyl groups excluding tert-OH is 1. The lowest BCUT2D eigenvalue weighted by Crippen LogP contribution is -2.54. The van der Waals surface area contributed by atoms with E-state index in [1.807, 2.05) is 30.3 Å². The maximum atomic E-state index is 12.9. The fourth-order valence-electron chi connectivity index (χ4n) is 5.91. The summed E-state index contributed by atoms with van der Waals surface area (Å²) in [5.41, 5.74) is 2.70. The van der Waals surface area contributed by atoms with E-state index in [1.54, 1.807) is 0 Å². The molecule has 1 amide bonds. The molecule has 2 saturated carbocycles. The van der Waals surface area contributed by atoms with Gasteiger partial charge in [0.05, 0.1) is 12.1 Å². The van der Waals surface area contributed by atoms with Gasteiger partial charge >= 0.3 is 0 Å². The molecule has 0 bridgehead atoms. The van der Waals surface area contributed by atoms with Crippen LogP contribution in [-0.2, 0) is 17.8 Å². The molecule has 2 fully saturated rings. The number of fused-ring (bicyclic) bond motifs is 1. The summed E-state index contributed by atoms with van der Waals surface area (Å²) in [5.74, 6) is 1.40. The molecular weight excluding hydrogens is 400 g/mol. The summed E-state index contributed by atoms with van der Waals surface area (Å²) in [6, 6.07) is 18.0. The maximum Gasteiger partial charge on any atom is 0.220 e. The van der Waals surface area contributed by atoms with Crippen molar-refractivity contribution in [3.8, 4) is 5.75 Å². The number of carbonyl (C=O) groups is 1. The lowest BCUT2D eigenvalue weighted by molar-refractivity contribution is -0.123. The van der Waals surface area contributed by atoms with Crippen molar-refractivity contribution < 1.29 is 14.6 Å². The van der Waals surface area contributed by atoms with Gasteiger partial charge in [-0.1, -0.05) is 55.3 Å². The Morgan fingerprint density at radius 3 is 2.53 bits per heavy atom. The van der Waals surface area contributed by atoms with Crippen LogP contribution in [0.4, 0.5) is 0 Å². The van der Waals surface area contributed by atoms with Crippen molar-refractivity contribution in [1.29, 1.82) is 0 Å². The Morgan fingerprint density at radius 1 is 1.03 bits per heavy atom. The molecule has 1 heterocycles. The monoisotopic (exact) mass is 434 g/mol. The Bertz CT molecular complexity index is 912. The van der Waals surface area contributed by atoms with E-state index in [9.17, 15) is 9.90 Å². The number of aliphatic hydroxyl groups is 1. The van der Waals surface area contributed by atoms with E-state index in [0.29, 0.717) is 18.8 Å². The third-order valence-corrected chi connectivity index (χ3v) is 7.54. The predicted octanol–water partition coefficient (Wildman–Crippen LogP) is 3.69. The third kappa shape index (κ3) is 4.69. The van der Waals surface area contributed by atoms with Crippen LogP contribution < -0.4 is 10.1 Å². The largest absolute Gasteiger partial charge is 0.488 e. The van der Waals surface area contributed by atoms with Crippen LogP contribution in [0.2, 0.25) is 0 Å². The van der Waals surface area contributed by atoms with E-state index in [1.165, 1.54) is 24.0 Å². The van der Waals surface area contributed by atoms with Crippen molar-refractivity contribution >= 4 is 5.91 Å². The molecule has 3 aliphatic rings. The molecule has 5 nitrogen and oxygen atoms in total. The van der Waals surface area contributed by atoms with Crippen molar-refractivity contribution in [2.24, 2.45) is 5.92 Å². The summed E-state index contributed by atoms with van der Waals surface area (Å²) >= 11 is 0. The average Bonchev–Trinajstić information content (AvgIpc) is 3.42. The number of para-hydroxylation sites is 1. The van der Waals surface area contributed by atoms with Crippen LogP contribution in [0.15, 0.2) is 54.6 Å². The van der Waals surface area contributed by atoms with E-state index < -0.39 is 6.10 Å². The van der Waals surface area contributed by atoms with Crippen LogP contribution >= 0.6 is 0 Å². The molecule has 5 rings (SSSR count). The lowest BCUT2D eigenvalue weighted by Gasteiger charge is -2.38. The second-order valence-electron chi connectivity index (χ2n) is 9.70. The van der Waals surface area contributed by atoms with Crippen LogP contribution in [0.1, 0.15) is 49.7 Å². The molecule has 170 valence electrons. The highest BCUT2D eigenvalue weighted by atomic mass is 16.5. The first kappa shape index (κ1) is 21.5. The fourth-order valence-corrected chi connectivity index (χ4v) is 5.91.